The fourth-order valence-electron chi connectivity index (χ4n) is 3.87. The molecule has 25 heavy (non-hydrogen) atoms. The van der Waals surface area contributed by atoms with Gasteiger partial charge in [-0.2, -0.15) is 9.28 Å². The number of amides is 1. The van der Waals surface area contributed by atoms with Crippen LogP contribution < -0.4 is 9.38 Å². The average Bonchev–Trinajstić information content (AvgIpc) is 3.39. The number of aryl methyl sites for hydroxylation is 1. The van der Waals surface area contributed by atoms with Crippen molar-refractivity contribution in [1.29, 1.82) is 0 Å². The molecule has 6 heteroatoms. The minimum atomic E-state index is -0.130. The summed E-state index contributed by atoms with van der Waals surface area (Å²) in [4.78, 5) is 17.3. The van der Waals surface area contributed by atoms with Gasteiger partial charge in [0.25, 0.3) is 0 Å². The lowest BCUT2D eigenvalue weighted by molar-refractivity contribution is 0.122. The largest absolute Gasteiger partial charge is 0.521 e. The number of carbonyl (C=O) groups excluding carboxylic acids is 1. The molecule has 0 radical (unpaired) electrons. The molecule has 0 N–H and O–H groups in total. The molecule has 0 aliphatic carbocycles. The number of benzene rings is 1. The number of hydrogen-bond donors (Lipinski definition) is 0. The van der Waals surface area contributed by atoms with Gasteiger partial charge < -0.3 is 19.3 Å². The number of carbonyl (C=O) groups is 1. The van der Waals surface area contributed by atoms with E-state index in [4.69, 9.17) is 9.47 Å². The first-order valence-electron chi connectivity index (χ1n) is 9.29. The van der Waals surface area contributed by atoms with Gasteiger partial charge in [0.15, 0.2) is 6.10 Å². The molecule has 3 saturated heterocycles. The molecule has 2 atom stereocenters. The predicted octanol–water partition coefficient (Wildman–Crippen LogP) is 1.99. The molecule has 2 unspecified atom stereocenters. The number of hydrogen-bond acceptors (Lipinski definition) is 5. The Labute approximate surface area is 149 Å². The molecule has 3 fully saturated rings. The van der Waals surface area contributed by atoms with E-state index in [1.807, 2.05) is 7.05 Å². The van der Waals surface area contributed by atoms with Crippen LogP contribution in [0.25, 0.3) is 0 Å². The summed E-state index contributed by atoms with van der Waals surface area (Å²) < 4.78 is 11.4. The van der Waals surface area contributed by atoms with Crippen LogP contribution in [0.1, 0.15) is 12.0 Å². The molecule has 4 rings (SSSR count). The Morgan fingerprint density at radius 1 is 1.20 bits per heavy atom. The number of quaternary nitrogens is 1. The highest BCUT2D eigenvalue weighted by atomic mass is 16.6. The summed E-state index contributed by atoms with van der Waals surface area (Å²) in [6.45, 7) is 9.67. The van der Waals surface area contributed by atoms with Crippen molar-refractivity contribution in [2.24, 2.45) is 0 Å². The van der Waals surface area contributed by atoms with Crippen molar-refractivity contribution in [2.75, 3.05) is 64.4 Å². The van der Waals surface area contributed by atoms with E-state index in [2.05, 4.69) is 34.9 Å². The first-order chi connectivity index (χ1) is 12.1. The highest BCUT2D eigenvalue weighted by molar-refractivity contribution is 5.84. The number of morpholine rings is 1. The Balaban J connectivity index is 1.49. The second-order valence-corrected chi connectivity index (χ2v) is 7.58. The van der Waals surface area contributed by atoms with Gasteiger partial charge in [0, 0.05) is 57.0 Å². The zero-order chi connectivity index (χ0) is 17.4. The molecule has 1 aromatic rings. The monoisotopic (exact) mass is 346 g/mol. The van der Waals surface area contributed by atoms with Gasteiger partial charge in [-0.3, -0.25) is 0 Å². The van der Waals surface area contributed by atoms with Crippen molar-refractivity contribution >= 4 is 17.5 Å². The Morgan fingerprint density at radius 3 is 2.64 bits per heavy atom. The summed E-state index contributed by atoms with van der Waals surface area (Å²) >= 11 is 0. The summed E-state index contributed by atoms with van der Waals surface area (Å²) in [6, 6.07) is 6.39. The van der Waals surface area contributed by atoms with Gasteiger partial charge in [0.05, 0.1) is 20.3 Å². The van der Waals surface area contributed by atoms with Crippen molar-refractivity contribution in [2.45, 2.75) is 19.4 Å². The second-order valence-electron chi connectivity index (χ2n) is 7.58. The Kier molecular flexibility index (Phi) is 4.43. The van der Waals surface area contributed by atoms with Crippen molar-refractivity contribution in [1.82, 2.24) is 9.38 Å². The molecule has 3 heterocycles. The number of ether oxygens (including phenoxy) is 2. The summed E-state index contributed by atoms with van der Waals surface area (Å²) in [5.41, 5.74) is 3.47. The van der Waals surface area contributed by atoms with Crippen LogP contribution in [0.2, 0.25) is 0 Å². The van der Waals surface area contributed by atoms with E-state index in [1.54, 1.807) is 0 Å². The number of anilines is 1. The quantitative estimate of drug-likeness (QED) is 0.602. The summed E-state index contributed by atoms with van der Waals surface area (Å²) in [5.74, 6) is 0. The molecule has 0 aromatic heterocycles. The number of cyclic esters (lactones) is 1. The van der Waals surface area contributed by atoms with Crippen molar-refractivity contribution in [3.05, 3.63) is 23.8 Å². The summed E-state index contributed by atoms with van der Waals surface area (Å²) in [6.07, 6.45) is 0.830. The third kappa shape index (κ3) is 3.38. The van der Waals surface area contributed by atoms with Crippen molar-refractivity contribution in [3.8, 4) is 0 Å². The lowest BCUT2D eigenvalue weighted by Crippen LogP contribution is -2.46. The van der Waals surface area contributed by atoms with Crippen LogP contribution in [0.5, 0.6) is 0 Å². The van der Waals surface area contributed by atoms with E-state index < -0.39 is 0 Å². The number of likely N-dealkylation sites (N-methyl/N-ethyl adjacent to an activating group) is 1. The third-order valence-electron chi connectivity index (χ3n) is 5.65. The van der Waals surface area contributed by atoms with Gasteiger partial charge >= 0.3 is 6.09 Å². The Morgan fingerprint density at radius 2 is 1.96 bits per heavy atom. The molecule has 6 nitrogen and oxygen atoms in total. The van der Waals surface area contributed by atoms with Gasteiger partial charge in [-0.15, -0.1) is 0 Å². The smallest absolute Gasteiger partial charge is 0.410 e. The maximum absolute atomic E-state index is 12.6. The normalized spacial score (nSPS) is 29.8. The maximum Gasteiger partial charge on any atom is 0.521 e. The molecule has 1 amide bonds. The molecule has 0 saturated carbocycles. The molecule has 136 valence electrons. The van der Waals surface area contributed by atoms with Crippen LogP contribution in [0, 0.1) is 6.92 Å². The van der Waals surface area contributed by atoms with Gasteiger partial charge in [-0.05, 0) is 18.6 Å². The minimum absolute atomic E-state index is 0.0253. The van der Waals surface area contributed by atoms with E-state index in [0.717, 1.165) is 51.5 Å². The van der Waals surface area contributed by atoms with Crippen molar-refractivity contribution < 1.29 is 14.3 Å². The molecule has 0 bridgehead atoms. The molecule has 1 aromatic carbocycles. The molecular weight excluding hydrogens is 318 g/mol. The zero-order valence-corrected chi connectivity index (χ0v) is 15.2. The van der Waals surface area contributed by atoms with E-state index >= 15 is 0 Å². The lowest BCUT2D eigenvalue weighted by atomic mass is 10.1. The fraction of sp³-hybridized carbons (Fsp3) is 0.632. The second kappa shape index (κ2) is 6.59. The van der Waals surface area contributed by atoms with Crippen LogP contribution in [0.15, 0.2) is 18.2 Å². The van der Waals surface area contributed by atoms with Crippen molar-refractivity contribution in [3.63, 3.8) is 0 Å². The maximum atomic E-state index is 12.6. The first-order valence-corrected chi connectivity index (χ1v) is 9.29. The van der Waals surface area contributed by atoms with Gasteiger partial charge in [-0.25, -0.2) is 0 Å². The van der Waals surface area contributed by atoms with Gasteiger partial charge in [-0.1, -0.05) is 0 Å². The van der Waals surface area contributed by atoms with Crippen LogP contribution in [0.4, 0.5) is 16.2 Å². The SMILES string of the molecule is Cc1cc([N+]2(C)CC(CCN3CC3)OC2=O)ccc1N1CCOCC1. The molecule has 0 spiro atoms. The van der Waals surface area contributed by atoms with Gasteiger partial charge in [0.2, 0.25) is 0 Å². The Bertz CT molecular complexity index is 655. The third-order valence-corrected chi connectivity index (χ3v) is 5.65. The number of nitrogens with zero attached hydrogens (tertiary/aromatic N) is 3. The summed E-state index contributed by atoms with van der Waals surface area (Å²) in [7, 11) is 1.98. The lowest BCUT2D eigenvalue weighted by Gasteiger charge is -2.31. The molecule has 3 aliphatic rings. The van der Waals surface area contributed by atoms with E-state index in [9.17, 15) is 4.79 Å². The highest BCUT2D eigenvalue weighted by Crippen LogP contribution is 2.33. The average molecular weight is 346 g/mol. The molecule has 3 aliphatic heterocycles. The first kappa shape index (κ1) is 16.8. The van der Waals surface area contributed by atoms with E-state index in [0.29, 0.717) is 0 Å². The Hall–Kier alpha value is -1.63. The van der Waals surface area contributed by atoms with E-state index in [1.165, 1.54) is 24.3 Å². The zero-order valence-electron chi connectivity index (χ0n) is 15.2. The standard InChI is InChI=1S/C19H28N3O3/c1-15-13-16(3-4-18(15)21-9-11-24-12-10-21)22(2)14-17(25-19(22)23)5-6-20-7-8-20/h3-4,13,17H,5-12,14H2,1-2H3/q+1. The van der Waals surface area contributed by atoms with Crippen LogP contribution in [-0.2, 0) is 9.47 Å². The van der Waals surface area contributed by atoms with Crippen LogP contribution in [0.3, 0.4) is 0 Å². The topological polar surface area (TPSA) is 41.8 Å². The highest BCUT2D eigenvalue weighted by Gasteiger charge is 2.48. The van der Waals surface area contributed by atoms with E-state index in [-0.39, 0.29) is 16.7 Å². The predicted molar refractivity (Wildman–Crippen MR) is 98.1 cm³/mol. The molecular formula is C19H28N3O3+. The fourth-order valence-corrected chi connectivity index (χ4v) is 3.87. The van der Waals surface area contributed by atoms with Crippen LogP contribution >= 0.6 is 0 Å². The minimum Gasteiger partial charge on any atom is -0.410 e. The summed E-state index contributed by atoms with van der Waals surface area (Å²) in [5, 5.41) is 0. The number of rotatable bonds is 5. The van der Waals surface area contributed by atoms with Gasteiger partial charge in [0.1, 0.15) is 12.2 Å². The van der Waals surface area contributed by atoms with Crippen LogP contribution in [-0.4, -0.2) is 76.6 Å².